The number of methoxy groups -OCH3 is 1. The number of nitrogens with zero attached hydrogens (tertiary/aromatic N) is 6. The number of fused-ring (bicyclic) bond motifs is 3. The molecule has 10 nitrogen and oxygen atoms in total. The van der Waals surface area contributed by atoms with Gasteiger partial charge in [0, 0.05) is 37.4 Å². The predicted octanol–water partition coefficient (Wildman–Crippen LogP) is 6.29. The van der Waals surface area contributed by atoms with Crippen molar-refractivity contribution in [2.75, 3.05) is 46.5 Å². The second-order valence-electron chi connectivity index (χ2n) is 15.3. The van der Waals surface area contributed by atoms with Crippen molar-refractivity contribution in [3.63, 3.8) is 0 Å². The van der Waals surface area contributed by atoms with Crippen LogP contribution in [0.4, 0.5) is 0 Å². The molecule has 4 heterocycles. The van der Waals surface area contributed by atoms with Crippen LogP contribution in [0.2, 0.25) is 0 Å². The van der Waals surface area contributed by atoms with E-state index in [4.69, 9.17) is 14.5 Å². The van der Waals surface area contributed by atoms with Gasteiger partial charge in [0.2, 0.25) is 0 Å². The second kappa shape index (κ2) is 21.9. The summed E-state index contributed by atoms with van der Waals surface area (Å²) in [5.74, 6) is -0.0602. The lowest BCUT2D eigenvalue weighted by Crippen LogP contribution is -3.00. The van der Waals surface area contributed by atoms with E-state index >= 15 is 0 Å². The average Bonchev–Trinajstić information content (AvgIpc) is 3.77. The molecule has 1 atom stereocenters. The highest BCUT2D eigenvalue weighted by molar-refractivity contribution is 6.08. The molecular weight excluding hydrogens is 708 g/mol. The summed E-state index contributed by atoms with van der Waals surface area (Å²) in [6.07, 6.45) is 14.7. The fourth-order valence-corrected chi connectivity index (χ4v) is 8.40. The molecule has 3 aromatic heterocycles. The first kappa shape index (κ1) is 44.5. The highest BCUT2D eigenvalue weighted by Crippen LogP contribution is 2.41. The van der Waals surface area contributed by atoms with Crippen molar-refractivity contribution in [1.29, 1.82) is 0 Å². The number of aliphatic hydroxyl groups is 1. The van der Waals surface area contributed by atoms with Gasteiger partial charge in [-0.25, -0.2) is 9.48 Å². The van der Waals surface area contributed by atoms with Gasteiger partial charge in [0.1, 0.15) is 5.69 Å². The lowest BCUT2D eigenvalue weighted by Gasteiger charge is -2.39. The Labute approximate surface area is 333 Å². The minimum absolute atomic E-state index is 0. The minimum Gasteiger partial charge on any atom is -1.00 e. The fraction of sp³-hybridized carbons (Fsp3) is 0.556. The zero-order chi connectivity index (χ0) is 39.2. The molecule has 5 aromatic rings. The first-order valence-corrected chi connectivity index (χ1v) is 20.8. The number of aryl methyl sites for hydroxylation is 1. The normalized spacial score (nSPS) is 14.0. The summed E-state index contributed by atoms with van der Waals surface area (Å²) in [5.41, 5.74) is 6.39. The summed E-state index contributed by atoms with van der Waals surface area (Å²) in [6.45, 7) is 16.2. The Morgan fingerprint density at radius 2 is 1.50 bits per heavy atom. The van der Waals surface area contributed by atoms with Crippen LogP contribution >= 0.6 is 0 Å². The van der Waals surface area contributed by atoms with E-state index in [1.165, 1.54) is 94.7 Å². The maximum Gasteiger partial charge on any atom is 0.337 e. The topological polar surface area (TPSA) is 104 Å². The zero-order valence-electron chi connectivity index (χ0n) is 34.7. The molecule has 1 N–H and O–H groups in total. The van der Waals surface area contributed by atoms with E-state index < -0.39 is 0 Å². The van der Waals surface area contributed by atoms with E-state index in [0.717, 1.165) is 46.0 Å². The number of carbonyl (C=O) groups is 1. The van der Waals surface area contributed by atoms with Crippen LogP contribution < -0.4 is 4.70 Å². The Kier molecular flexibility index (Phi) is 17.4. The van der Waals surface area contributed by atoms with Crippen molar-refractivity contribution < 1.29 is 28.6 Å². The SMILES string of the molecule is CCCC[N+](CCCC)(CCCC)CCCC.COC(=O)c1ccc2c3ncc(-c4c(CO)nnn4C)cc3n(C(c3ccccc3)C3CCOCC3)c2c1.[F-]. The van der Waals surface area contributed by atoms with Gasteiger partial charge in [0.25, 0.3) is 0 Å². The molecule has 0 radical (unpaired) electrons. The molecule has 2 aromatic carbocycles. The number of ether oxygens (including phenoxy) is 2. The van der Waals surface area contributed by atoms with Crippen LogP contribution in [0.25, 0.3) is 33.2 Å². The molecule has 1 aliphatic rings. The molecule has 11 heteroatoms. The van der Waals surface area contributed by atoms with Crippen molar-refractivity contribution in [3.8, 4) is 11.3 Å². The van der Waals surface area contributed by atoms with Gasteiger partial charge in [0.05, 0.1) is 73.7 Å². The van der Waals surface area contributed by atoms with Gasteiger partial charge in [-0.3, -0.25) is 4.98 Å². The second-order valence-corrected chi connectivity index (χ2v) is 15.3. The zero-order valence-corrected chi connectivity index (χ0v) is 34.7. The van der Waals surface area contributed by atoms with E-state index in [1.807, 2.05) is 18.2 Å². The number of esters is 1. The van der Waals surface area contributed by atoms with Crippen molar-refractivity contribution in [2.45, 2.75) is 105 Å². The molecule has 6 rings (SSSR count). The van der Waals surface area contributed by atoms with E-state index in [2.05, 4.69) is 72.9 Å². The van der Waals surface area contributed by atoms with Crippen LogP contribution in [0.1, 0.15) is 120 Å². The number of hydrogen-bond donors (Lipinski definition) is 1. The lowest BCUT2D eigenvalue weighted by atomic mass is 9.86. The number of aromatic nitrogens is 5. The number of halogens is 1. The Bertz CT molecular complexity index is 1900. The molecule has 1 unspecified atom stereocenters. The highest BCUT2D eigenvalue weighted by atomic mass is 19.0. The Morgan fingerprint density at radius 1 is 0.893 bits per heavy atom. The van der Waals surface area contributed by atoms with Gasteiger partial charge in [-0.2, -0.15) is 0 Å². The third-order valence-electron chi connectivity index (χ3n) is 11.5. The van der Waals surface area contributed by atoms with Crippen molar-refractivity contribution in [3.05, 3.63) is 77.6 Å². The molecule has 306 valence electrons. The molecule has 56 heavy (non-hydrogen) atoms. The molecule has 0 saturated carbocycles. The number of hydrogen-bond acceptors (Lipinski definition) is 7. The summed E-state index contributed by atoms with van der Waals surface area (Å²) in [4.78, 5) is 17.4. The van der Waals surface area contributed by atoms with E-state index in [0.29, 0.717) is 30.4 Å². The summed E-state index contributed by atoms with van der Waals surface area (Å²) in [5, 5.41) is 19.1. The van der Waals surface area contributed by atoms with E-state index in [1.54, 1.807) is 24.0 Å². The number of benzene rings is 2. The van der Waals surface area contributed by atoms with Gasteiger partial charge < -0.3 is 28.3 Å². The largest absolute Gasteiger partial charge is 1.00 e. The number of unbranched alkanes of at least 4 members (excludes halogenated alkanes) is 4. The maximum atomic E-state index is 12.5. The predicted molar refractivity (Wildman–Crippen MR) is 222 cm³/mol. The van der Waals surface area contributed by atoms with Crippen LogP contribution in [0.5, 0.6) is 0 Å². The number of rotatable bonds is 18. The van der Waals surface area contributed by atoms with Crippen LogP contribution in [0.15, 0.2) is 60.8 Å². The van der Waals surface area contributed by atoms with E-state index in [9.17, 15) is 9.90 Å². The highest BCUT2D eigenvalue weighted by Gasteiger charge is 2.31. The van der Waals surface area contributed by atoms with Gasteiger partial charge in [-0.1, -0.05) is 88.9 Å². The number of carbonyl (C=O) groups excluding carboxylic acids is 1. The smallest absolute Gasteiger partial charge is 0.337 e. The molecule has 0 amide bonds. The van der Waals surface area contributed by atoms with E-state index in [-0.39, 0.29) is 23.3 Å². The Hall–Kier alpha value is -4.19. The first-order valence-electron chi connectivity index (χ1n) is 20.8. The quantitative estimate of drug-likeness (QED) is 0.0826. The molecule has 0 bridgehead atoms. The van der Waals surface area contributed by atoms with Gasteiger partial charge >= 0.3 is 5.97 Å². The summed E-state index contributed by atoms with van der Waals surface area (Å²) >= 11 is 0. The number of quaternary nitrogens is 1. The first-order chi connectivity index (χ1) is 26.8. The minimum atomic E-state index is -0.381. The molecule has 1 aliphatic heterocycles. The summed E-state index contributed by atoms with van der Waals surface area (Å²) < 4.78 is 16.2. The molecular formula is C45H65FN6O4. The lowest BCUT2D eigenvalue weighted by molar-refractivity contribution is -0.929. The van der Waals surface area contributed by atoms with Crippen molar-refractivity contribution >= 4 is 27.9 Å². The summed E-state index contributed by atoms with van der Waals surface area (Å²) in [6, 6.07) is 18.2. The van der Waals surface area contributed by atoms with Crippen LogP contribution in [-0.4, -0.2) is 86.6 Å². The summed E-state index contributed by atoms with van der Waals surface area (Å²) in [7, 11) is 3.20. The fourth-order valence-electron chi connectivity index (χ4n) is 8.40. The van der Waals surface area contributed by atoms with Crippen LogP contribution in [0, 0.1) is 5.92 Å². The maximum absolute atomic E-state index is 12.5. The van der Waals surface area contributed by atoms with Gasteiger partial charge in [-0.05, 0) is 74.3 Å². The standard InChI is InChI=1S/C29H29N5O4.C16H36N.FH/c1-33-28(23(17-35)31-32-33)21-15-25-26(30-16-21)22-9-8-20(29(36)37-2)14-24(22)34(25)27(18-6-4-3-5-7-18)19-10-12-38-13-11-19;1-5-9-13-17(14-10-6-2,15-11-7-3)16-12-8-4;/h3-9,14-16,19,27,35H,10-13,17H2,1-2H3;5-16H2,1-4H3;1H/q;+1;/p-1. The monoisotopic (exact) mass is 773 g/mol. The molecule has 1 fully saturated rings. The van der Waals surface area contributed by atoms with Gasteiger partial charge in [0.15, 0.2) is 0 Å². The number of aliphatic hydroxyl groups excluding tert-OH is 1. The van der Waals surface area contributed by atoms with Crippen molar-refractivity contribution in [2.24, 2.45) is 13.0 Å². The Balaban J connectivity index is 0.000000330. The van der Waals surface area contributed by atoms with Gasteiger partial charge in [-0.15, -0.1) is 5.10 Å². The Morgan fingerprint density at radius 3 is 2.05 bits per heavy atom. The van der Waals surface area contributed by atoms with Crippen molar-refractivity contribution in [1.82, 2.24) is 24.5 Å². The average molecular weight is 773 g/mol. The third-order valence-corrected chi connectivity index (χ3v) is 11.5. The molecule has 0 aliphatic carbocycles. The molecule has 1 saturated heterocycles. The van der Waals surface area contributed by atoms with Crippen LogP contribution in [0.3, 0.4) is 0 Å². The van der Waals surface area contributed by atoms with Crippen LogP contribution in [-0.2, 0) is 23.1 Å². The number of pyridine rings is 1. The molecule has 0 spiro atoms. The third kappa shape index (κ3) is 10.4.